The molecule has 0 aliphatic heterocycles. The molecule has 2 amide bonds. The Morgan fingerprint density at radius 3 is 2.31 bits per heavy atom. The second-order valence-corrected chi connectivity index (χ2v) is 8.80. The van der Waals surface area contributed by atoms with Crippen LogP contribution in [-0.2, 0) is 5.75 Å². The van der Waals surface area contributed by atoms with Crippen molar-refractivity contribution in [2.75, 3.05) is 10.6 Å². The first-order valence-electron chi connectivity index (χ1n) is 9.91. The molecule has 4 aromatic rings. The second-order valence-electron chi connectivity index (χ2n) is 7.31. The minimum Gasteiger partial charge on any atom is -0.308 e. The van der Waals surface area contributed by atoms with Crippen molar-refractivity contribution in [2.45, 2.75) is 30.5 Å². The quantitative estimate of drug-likeness (QED) is 0.386. The van der Waals surface area contributed by atoms with Crippen LogP contribution in [0.2, 0.25) is 5.02 Å². The molecule has 2 aromatic carbocycles. The number of amides is 2. The maximum Gasteiger partial charge on any atom is 0.323 e. The number of urea groups is 1. The third kappa shape index (κ3) is 5.12. The molecular formula is C22H21ClN6O2S. The molecule has 2 heterocycles. The van der Waals surface area contributed by atoms with Crippen LogP contribution >= 0.6 is 23.4 Å². The van der Waals surface area contributed by atoms with Gasteiger partial charge in [-0.1, -0.05) is 11.6 Å². The zero-order chi connectivity index (χ0) is 22.7. The fourth-order valence-corrected chi connectivity index (χ4v) is 3.95. The molecule has 164 valence electrons. The normalized spacial score (nSPS) is 11.1. The van der Waals surface area contributed by atoms with Gasteiger partial charge in [0.1, 0.15) is 6.33 Å². The molecule has 2 N–H and O–H groups in total. The van der Waals surface area contributed by atoms with E-state index in [9.17, 15) is 9.59 Å². The van der Waals surface area contributed by atoms with Gasteiger partial charge in [0.2, 0.25) is 0 Å². The molecule has 4 rings (SSSR count). The lowest BCUT2D eigenvalue weighted by molar-refractivity contribution is 0.262. The lowest BCUT2D eigenvalue weighted by Gasteiger charge is -2.09. The standard InChI is InChI=1S/C22H21ClN6O2S/c1-14(2)28-13-24-21-25-18(11-20(30)29(21)28)12-32-19-9-7-17(8-10-19)27-22(31)26-16-5-3-15(23)4-6-16/h3-11,13-14H,12H2,1-2H3,(H2,26,27,31). The molecule has 0 bridgehead atoms. The molecule has 8 nitrogen and oxygen atoms in total. The highest BCUT2D eigenvalue weighted by atomic mass is 35.5. The van der Waals surface area contributed by atoms with Gasteiger partial charge in [0, 0.05) is 39.2 Å². The first kappa shape index (κ1) is 21.9. The Balaban J connectivity index is 1.36. The van der Waals surface area contributed by atoms with Crippen molar-refractivity contribution in [1.29, 1.82) is 0 Å². The maximum absolute atomic E-state index is 12.5. The van der Waals surface area contributed by atoms with E-state index in [2.05, 4.69) is 20.6 Å². The van der Waals surface area contributed by atoms with Crippen LogP contribution in [0.4, 0.5) is 16.2 Å². The van der Waals surface area contributed by atoms with Crippen molar-refractivity contribution in [3.63, 3.8) is 0 Å². The molecule has 0 aliphatic carbocycles. The highest BCUT2D eigenvalue weighted by molar-refractivity contribution is 7.98. The number of anilines is 2. The van der Waals surface area contributed by atoms with Crippen LogP contribution in [0.3, 0.4) is 0 Å². The summed E-state index contributed by atoms with van der Waals surface area (Å²) < 4.78 is 3.24. The van der Waals surface area contributed by atoms with Crippen LogP contribution in [-0.4, -0.2) is 25.2 Å². The predicted molar refractivity (Wildman–Crippen MR) is 128 cm³/mol. The molecule has 2 aromatic heterocycles. The molecule has 0 atom stereocenters. The van der Waals surface area contributed by atoms with Gasteiger partial charge in [0.05, 0.1) is 5.69 Å². The van der Waals surface area contributed by atoms with Gasteiger partial charge >= 0.3 is 6.03 Å². The van der Waals surface area contributed by atoms with Crippen LogP contribution in [0.15, 0.2) is 70.6 Å². The van der Waals surface area contributed by atoms with Crippen LogP contribution in [0, 0.1) is 0 Å². The fraction of sp³-hybridized carbons (Fsp3) is 0.182. The number of nitrogens with zero attached hydrogens (tertiary/aromatic N) is 4. The van der Waals surface area contributed by atoms with Gasteiger partial charge in [-0.3, -0.25) is 9.48 Å². The number of fused-ring (bicyclic) bond motifs is 1. The van der Waals surface area contributed by atoms with Crippen molar-refractivity contribution < 1.29 is 4.79 Å². The lowest BCUT2D eigenvalue weighted by atomic mass is 10.3. The summed E-state index contributed by atoms with van der Waals surface area (Å²) in [5.41, 5.74) is 1.83. The largest absolute Gasteiger partial charge is 0.323 e. The van der Waals surface area contributed by atoms with Crippen molar-refractivity contribution in [1.82, 2.24) is 19.2 Å². The highest BCUT2D eigenvalue weighted by Gasteiger charge is 2.10. The number of hydrogen-bond acceptors (Lipinski definition) is 5. The molecule has 32 heavy (non-hydrogen) atoms. The van der Waals surface area contributed by atoms with E-state index < -0.39 is 0 Å². The van der Waals surface area contributed by atoms with Gasteiger partial charge in [0.25, 0.3) is 11.3 Å². The maximum atomic E-state index is 12.5. The SMILES string of the molecule is CC(C)n1cnc2nc(CSc3ccc(NC(=O)Nc4ccc(Cl)cc4)cc3)cc(=O)n21. The minimum atomic E-state index is -0.341. The number of carbonyl (C=O) groups is 1. The zero-order valence-electron chi connectivity index (χ0n) is 17.4. The third-order valence-electron chi connectivity index (χ3n) is 4.58. The third-order valence-corrected chi connectivity index (χ3v) is 5.88. The topological polar surface area (TPSA) is 93.3 Å². The fourth-order valence-electron chi connectivity index (χ4n) is 3.03. The van der Waals surface area contributed by atoms with Crippen LogP contribution < -0.4 is 16.2 Å². The zero-order valence-corrected chi connectivity index (χ0v) is 19.0. The van der Waals surface area contributed by atoms with Crippen molar-refractivity contribution in [3.8, 4) is 0 Å². The Morgan fingerprint density at radius 1 is 1.06 bits per heavy atom. The molecule has 0 radical (unpaired) electrons. The van der Waals surface area contributed by atoms with E-state index in [4.69, 9.17) is 11.6 Å². The average Bonchev–Trinajstić information content (AvgIpc) is 3.20. The van der Waals surface area contributed by atoms with Crippen molar-refractivity contribution >= 4 is 46.5 Å². The summed E-state index contributed by atoms with van der Waals surface area (Å²) in [6, 6.07) is 15.6. The average molecular weight is 469 g/mol. The van der Waals surface area contributed by atoms with Gasteiger partial charge < -0.3 is 10.6 Å². The van der Waals surface area contributed by atoms with E-state index in [1.165, 1.54) is 10.6 Å². The molecule has 0 unspecified atom stereocenters. The summed E-state index contributed by atoms with van der Waals surface area (Å²) in [6.07, 6.45) is 1.63. The summed E-state index contributed by atoms with van der Waals surface area (Å²) in [6.45, 7) is 3.97. The van der Waals surface area contributed by atoms with Crippen LogP contribution in [0.5, 0.6) is 0 Å². The van der Waals surface area contributed by atoms with Crippen LogP contribution in [0.1, 0.15) is 25.6 Å². The first-order valence-corrected chi connectivity index (χ1v) is 11.3. The summed E-state index contributed by atoms with van der Waals surface area (Å²) in [5.74, 6) is 0.928. The van der Waals surface area contributed by atoms with Crippen molar-refractivity contribution in [3.05, 3.63) is 82.0 Å². The molecule has 0 saturated heterocycles. The van der Waals surface area contributed by atoms with Gasteiger partial charge in [-0.25, -0.2) is 9.78 Å². The number of halogens is 1. The van der Waals surface area contributed by atoms with E-state index in [0.717, 1.165) is 4.90 Å². The van der Waals surface area contributed by atoms with Gasteiger partial charge in [-0.05, 0) is 62.4 Å². The number of carbonyl (C=O) groups excluding carboxylic acids is 1. The van der Waals surface area contributed by atoms with E-state index in [0.29, 0.717) is 33.6 Å². The van der Waals surface area contributed by atoms with Crippen LogP contribution in [0.25, 0.3) is 5.78 Å². The Hall–Kier alpha value is -3.30. The Morgan fingerprint density at radius 2 is 1.69 bits per heavy atom. The summed E-state index contributed by atoms with van der Waals surface area (Å²) in [4.78, 5) is 34.4. The van der Waals surface area contributed by atoms with E-state index in [1.54, 1.807) is 47.0 Å². The molecule has 0 aliphatic rings. The van der Waals surface area contributed by atoms with E-state index in [1.807, 2.05) is 38.1 Å². The summed E-state index contributed by atoms with van der Waals surface area (Å²) >= 11 is 7.40. The molecule has 0 saturated carbocycles. The second kappa shape index (κ2) is 9.46. The number of hydrogen-bond donors (Lipinski definition) is 2. The monoisotopic (exact) mass is 468 g/mol. The number of aromatic nitrogens is 4. The number of benzene rings is 2. The van der Waals surface area contributed by atoms with Gasteiger partial charge in [-0.15, -0.1) is 11.8 Å². The van der Waals surface area contributed by atoms with E-state index >= 15 is 0 Å². The molecule has 10 heteroatoms. The number of nitrogens with one attached hydrogen (secondary N) is 2. The Labute approximate surface area is 193 Å². The lowest BCUT2D eigenvalue weighted by Crippen LogP contribution is -2.22. The highest BCUT2D eigenvalue weighted by Crippen LogP contribution is 2.24. The van der Waals surface area contributed by atoms with Gasteiger partial charge in [0.15, 0.2) is 0 Å². The minimum absolute atomic E-state index is 0.111. The Bertz CT molecular complexity index is 1300. The first-order chi connectivity index (χ1) is 15.4. The number of thioether (sulfide) groups is 1. The summed E-state index contributed by atoms with van der Waals surface area (Å²) in [7, 11) is 0. The van der Waals surface area contributed by atoms with E-state index in [-0.39, 0.29) is 17.6 Å². The predicted octanol–water partition coefficient (Wildman–Crippen LogP) is 5.06. The smallest absolute Gasteiger partial charge is 0.308 e. The van der Waals surface area contributed by atoms with Crippen molar-refractivity contribution in [2.24, 2.45) is 0 Å². The molecule has 0 spiro atoms. The number of rotatable bonds is 6. The van der Waals surface area contributed by atoms with Gasteiger partial charge in [-0.2, -0.15) is 9.50 Å². The Kier molecular flexibility index (Phi) is 6.48. The molecule has 0 fully saturated rings. The summed E-state index contributed by atoms with van der Waals surface area (Å²) in [5, 5.41) is 6.14. The molecular weight excluding hydrogens is 448 g/mol.